The second-order valence-electron chi connectivity index (χ2n) is 13.4. The fraction of sp³-hybridized carbons (Fsp3) is 0.710. The van der Waals surface area contributed by atoms with E-state index in [9.17, 15) is 14.7 Å². The molecule has 7 nitrogen and oxygen atoms in total. The van der Waals surface area contributed by atoms with Crippen molar-refractivity contribution in [3.8, 4) is 0 Å². The van der Waals surface area contributed by atoms with Gasteiger partial charge in [0.05, 0.1) is 11.0 Å². The van der Waals surface area contributed by atoms with Crippen LogP contribution in [-0.4, -0.2) is 56.2 Å². The molecule has 1 aromatic carbocycles. The SMILES string of the molecule is C[C@H]1C[C@H]2C[C@H](N3[C@@H]4CCC[C@H]3C[C@@H](n3c(=O)c(N5CC[C@@H]5C(=O)O)nc5ccccc53)C4)CCCC21C. The topological polar surface area (TPSA) is 78.7 Å². The standard InChI is InChI=1S/C31H42N4O3/c1-19-15-20-16-21(9-6-13-31(19,20)2)34-22-7-5-8-23(34)18-24(17-22)35-26-11-4-3-10-25(26)32-28(29(35)36)33-14-12-27(33)30(37)38/h3-4,10-11,19-24,27H,5-9,12-18H2,1-2H3,(H,37,38)/t19-,20-,21+,22-,23+,24+,27+,31?/m0/s1. The molecule has 2 aliphatic carbocycles. The van der Waals surface area contributed by atoms with Gasteiger partial charge in [0.1, 0.15) is 6.04 Å². The van der Waals surface area contributed by atoms with Gasteiger partial charge < -0.3 is 14.6 Å². The monoisotopic (exact) mass is 518 g/mol. The lowest BCUT2D eigenvalue weighted by Gasteiger charge is -2.56. The van der Waals surface area contributed by atoms with Gasteiger partial charge in [0.25, 0.3) is 5.56 Å². The number of nitrogens with zero attached hydrogens (tertiary/aromatic N) is 4. The Morgan fingerprint density at radius 3 is 2.37 bits per heavy atom. The summed E-state index contributed by atoms with van der Waals surface area (Å²) in [6.45, 7) is 5.58. The molecule has 4 heterocycles. The second kappa shape index (κ2) is 9.07. The van der Waals surface area contributed by atoms with Crippen molar-refractivity contribution in [2.45, 2.75) is 115 Å². The van der Waals surface area contributed by atoms with Crippen LogP contribution in [0.1, 0.15) is 90.5 Å². The number of fused-ring (bicyclic) bond motifs is 4. The van der Waals surface area contributed by atoms with E-state index in [1.54, 1.807) is 4.90 Å². The van der Waals surface area contributed by atoms with Gasteiger partial charge >= 0.3 is 5.97 Å². The largest absolute Gasteiger partial charge is 0.480 e. The number of carbonyl (C=O) groups is 1. The molecule has 3 aliphatic heterocycles. The van der Waals surface area contributed by atoms with Crippen LogP contribution in [0, 0.1) is 17.3 Å². The van der Waals surface area contributed by atoms with Gasteiger partial charge in [-0.1, -0.05) is 38.8 Å². The Balaban J connectivity index is 1.21. The molecule has 1 unspecified atom stereocenters. The van der Waals surface area contributed by atoms with Crippen LogP contribution in [0.15, 0.2) is 29.1 Å². The van der Waals surface area contributed by atoms with E-state index >= 15 is 0 Å². The molecule has 8 atom stereocenters. The van der Waals surface area contributed by atoms with Crippen LogP contribution in [0.4, 0.5) is 5.82 Å². The molecular weight excluding hydrogens is 476 g/mol. The van der Waals surface area contributed by atoms with Gasteiger partial charge in [0.15, 0.2) is 5.82 Å². The summed E-state index contributed by atoms with van der Waals surface area (Å²) < 4.78 is 2.01. The molecule has 0 amide bonds. The average Bonchev–Trinajstić information content (AvgIpc) is 2.99. The second-order valence-corrected chi connectivity index (χ2v) is 13.4. The fourth-order valence-corrected chi connectivity index (χ4v) is 9.24. The summed E-state index contributed by atoms with van der Waals surface area (Å²) in [7, 11) is 0. The molecule has 0 radical (unpaired) electrons. The maximum absolute atomic E-state index is 14.0. The third kappa shape index (κ3) is 3.67. The smallest absolute Gasteiger partial charge is 0.326 e. The number of anilines is 1. The van der Waals surface area contributed by atoms with E-state index in [-0.39, 0.29) is 11.6 Å². The number of aromatic nitrogens is 2. The normalized spacial score (nSPS) is 39.1. The summed E-state index contributed by atoms with van der Waals surface area (Å²) in [5, 5.41) is 9.65. The number of carboxylic acids is 1. The van der Waals surface area contributed by atoms with Crippen LogP contribution in [0.3, 0.4) is 0 Å². The first kappa shape index (κ1) is 24.6. The van der Waals surface area contributed by atoms with E-state index in [2.05, 4.69) is 18.7 Å². The highest BCUT2D eigenvalue weighted by Crippen LogP contribution is 2.59. The summed E-state index contributed by atoms with van der Waals surface area (Å²) in [6, 6.07) is 9.14. The Morgan fingerprint density at radius 1 is 0.974 bits per heavy atom. The summed E-state index contributed by atoms with van der Waals surface area (Å²) in [5.41, 5.74) is 2.11. The van der Waals surface area contributed by atoms with E-state index in [1.807, 2.05) is 28.8 Å². The van der Waals surface area contributed by atoms with Crippen molar-refractivity contribution < 1.29 is 9.90 Å². The Bertz CT molecular complexity index is 1290. The van der Waals surface area contributed by atoms with E-state index in [1.165, 1.54) is 51.4 Å². The summed E-state index contributed by atoms with van der Waals surface area (Å²) in [6.07, 6.45) is 13.1. The molecule has 1 N–H and O–H groups in total. The lowest BCUT2D eigenvalue weighted by atomic mass is 9.52. The average molecular weight is 519 g/mol. The van der Waals surface area contributed by atoms with Crippen LogP contribution < -0.4 is 10.5 Å². The summed E-state index contributed by atoms with van der Waals surface area (Å²) in [4.78, 5) is 35.1. The van der Waals surface area contributed by atoms with E-state index in [0.717, 1.165) is 35.7 Å². The number of hydrogen-bond acceptors (Lipinski definition) is 5. The van der Waals surface area contributed by atoms with Crippen molar-refractivity contribution in [2.75, 3.05) is 11.4 Å². The molecule has 2 saturated carbocycles. The Kier molecular flexibility index (Phi) is 5.88. The molecule has 7 heteroatoms. The van der Waals surface area contributed by atoms with Crippen LogP contribution >= 0.6 is 0 Å². The van der Waals surface area contributed by atoms with Crippen molar-refractivity contribution in [3.63, 3.8) is 0 Å². The summed E-state index contributed by atoms with van der Waals surface area (Å²) >= 11 is 0. The zero-order valence-electron chi connectivity index (χ0n) is 22.9. The molecule has 38 heavy (non-hydrogen) atoms. The van der Waals surface area contributed by atoms with Crippen molar-refractivity contribution >= 4 is 22.8 Å². The highest BCUT2D eigenvalue weighted by Gasteiger charge is 2.52. The van der Waals surface area contributed by atoms with Gasteiger partial charge in [-0.15, -0.1) is 0 Å². The lowest BCUT2D eigenvalue weighted by molar-refractivity contribution is -0.140. The van der Waals surface area contributed by atoms with Crippen LogP contribution in [-0.2, 0) is 4.79 Å². The number of benzene rings is 1. The minimum atomic E-state index is -0.875. The lowest BCUT2D eigenvalue weighted by Crippen LogP contribution is -2.58. The van der Waals surface area contributed by atoms with Crippen molar-refractivity contribution in [1.82, 2.24) is 14.5 Å². The molecule has 0 spiro atoms. The quantitative estimate of drug-likeness (QED) is 0.598. The highest BCUT2D eigenvalue weighted by molar-refractivity contribution is 5.81. The molecule has 7 rings (SSSR count). The first-order valence-electron chi connectivity index (χ1n) is 15.1. The number of piperidine rings is 2. The van der Waals surface area contributed by atoms with Gasteiger partial charge in [-0.3, -0.25) is 9.69 Å². The van der Waals surface area contributed by atoms with E-state index in [0.29, 0.717) is 42.3 Å². The Labute approximate surface area is 225 Å². The first-order chi connectivity index (χ1) is 18.3. The van der Waals surface area contributed by atoms with Gasteiger partial charge in [-0.2, -0.15) is 0 Å². The van der Waals surface area contributed by atoms with E-state index in [4.69, 9.17) is 4.98 Å². The molecular formula is C31H42N4O3. The highest BCUT2D eigenvalue weighted by atomic mass is 16.4. The fourth-order valence-electron chi connectivity index (χ4n) is 9.24. The number of para-hydroxylation sites is 2. The van der Waals surface area contributed by atoms with Gasteiger partial charge in [-0.25, -0.2) is 9.78 Å². The molecule has 2 aromatic rings. The Hall–Kier alpha value is -2.41. The van der Waals surface area contributed by atoms with Crippen LogP contribution in [0.5, 0.6) is 0 Å². The van der Waals surface area contributed by atoms with Crippen molar-refractivity contribution in [3.05, 3.63) is 34.6 Å². The third-order valence-corrected chi connectivity index (χ3v) is 11.7. The Morgan fingerprint density at radius 2 is 1.68 bits per heavy atom. The van der Waals surface area contributed by atoms with Crippen LogP contribution in [0.25, 0.3) is 11.0 Å². The van der Waals surface area contributed by atoms with Crippen molar-refractivity contribution in [2.24, 2.45) is 17.3 Å². The predicted octanol–water partition coefficient (Wildman–Crippen LogP) is 5.22. The minimum absolute atomic E-state index is 0.111. The van der Waals surface area contributed by atoms with Crippen LogP contribution in [0.2, 0.25) is 0 Å². The minimum Gasteiger partial charge on any atom is -0.480 e. The maximum atomic E-state index is 14.0. The molecule has 1 aromatic heterocycles. The molecule has 5 fully saturated rings. The zero-order valence-corrected chi connectivity index (χ0v) is 22.9. The number of carboxylic acid groups (broad SMARTS) is 1. The first-order valence-corrected chi connectivity index (χ1v) is 15.1. The molecule has 204 valence electrons. The zero-order chi connectivity index (χ0) is 26.2. The maximum Gasteiger partial charge on any atom is 0.326 e. The van der Waals surface area contributed by atoms with Gasteiger partial charge in [0, 0.05) is 30.7 Å². The number of hydrogen-bond donors (Lipinski definition) is 1. The summed E-state index contributed by atoms with van der Waals surface area (Å²) in [5.74, 6) is 1.18. The molecule has 2 bridgehead atoms. The molecule has 3 saturated heterocycles. The third-order valence-electron chi connectivity index (χ3n) is 11.7. The van der Waals surface area contributed by atoms with E-state index < -0.39 is 12.0 Å². The molecule has 5 aliphatic rings. The van der Waals surface area contributed by atoms with Gasteiger partial charge in [0.2, 0.25) is 0 Å². The van der Waals surface area contributed by atoms with Crippen molar-refractivity contribution in [1.29, 1.82) is 0 Å². The predicted molar refractivity (Wildman–Crippen MR) is 149 cm³/mol. The number of rotatable bonds is 4. The van der Waals surface area contributed by atoms with Gasteiger partial charge in [-0.05, 0) is 87.2 Å². The number of aliphatic carboxylic acids is 1.